The van der Waals surface area contributed by atoms with Crippen molar-refractivity contribution < 1.29 is 19.7 Å². The molecule has 0 fully saturated rings. The van der Waals surface area contributed by atoms with Crippen molar-refractivity contribution >= 4 is 34.8 Å². The highest BCUT2D eigenvalue weighted by atomic mass is 35.5. The topological polar surface area (TPSA) is 58.9 Å². The Balaban J connectivity index is 2.19. The van der Waals surface area contributed by atoms with E-state index in [1.807, 2.05) is 43.3 Å². The molecule has 2 atom stereocenters. The predicted molar refractivity (Wildman–Crippen MR) is 119 cm³/mol. The largest absolute Gasteiger partial charge is 0.491 e. The molecule has 2 rings (SSSR count). The van der Waals surface area contributed by atoms with E-state index in [0.717, 1.165) is 11.1 Å². The molecule has 0 unspecified atom stereocenters. The Morgan fingerprint density at radius 1 is 0.966 bits per heavy atom. The quantitative estimate of drug-likeness (QED) is 0.471. The molecule has 0 bridgehead atoms. The molecular formula is C22H27Cl3O4. The van der Waals surface area contributed by atoms with Crippen molar-refractivity contribution in [2.45, 2.75) is 32.3 Å². The van der Waals surface area contributed by atoms with Gasteiger partial charge in [-0.15, -0.1) is 11.6 Å². The van der Waals surface area contributed by atoms with Gasteiger partial charge in [-0.05, 0) is 35.4 Å². The summed E-state index contributed by atoms with van der Waals surface area (Å²) in [5.41, 5.74) is 1.64. The van der Waals surface area contributed by atoms with E-state index in [1.165, 1.54) is 0 Å². The number of benzene rings is 2. The van der Waals surface area contributed by atoms with Crippen LogP contribution < -0.4 is 9.47 Å². The van der Waals surface area contributed by atoms with Crippen LogP contribution >= 0.6 is 34.8 Å². The van der Waals surface area contributed by atoms with Crippen molar-refractivity contribution in [2.24, 2.45) is 5.92 Å². The number of hydrogen-bond acceptors (Lipinski definition) is 4. The van der Waals surface area contributed by atoms with Crippen LogP contribution in [0.25, 0.3) is 0 Å². The number of halogens is 3. The summed E-state index contributed by atoms with van der Waals surface area (Å²) in [4.78, 5) is 0. The first-order valence-electron chi connectivity index (χ1n) is 9.39. The highest BCUT2D eigenvalue weighted by Crippen LogP contribution is 2.40. The Hall–Kier alpha value is -1.17. The molecule has 0 saturated heterocycles. The van der Waals surface area contributed by atoms with E-state index in [9.17, 15) is 5.11 Å². The second kappa shape index (κ2) is 10.7. The van der Waals surface area contributed by atoms with Crippen molar-refractivity contribution in [3.63, 3.8) is 0 Å². The van der Waals surface area contributed by atoms with Gasteiger partial charge in [-0.2, -0.15) is 0 Å². The van der Waals surface area contributed by atoms with Crippen molar-refractivity contribution in [3.8, 4) is 11.5 Å². The lowest BCUT2D eigenvalue weighted by atomic mass is 9.78. The zero-order valence-electron chi connectivity index (χ0n) is 16.8. The lowest BCUT2D eigenvalue weighted by Crippen LogP contribution is -2.21. The SMILES string of the molecule is C[C@H](CCl)COc1c(Cl)cc(C(C)(C)c2ccc(OC[C@H](O)CO)cc2)cc1Cl. The standard InChI is InChI=1S/C22H27Cl3O4/c1-14(10-23)12-29-21-19(24)8-16(9-20(21)25)22(2,3)15-4-6-18(7-5-15)28-13-17(27)11-26/h4-9,14,17,26-27H,10-13H2,1-3H3/t14-,17-/m1/s1. The van der Waals surface area contributed by atoms with E-state index in [1.54, 1.807) is 0 Å². The van der Waals surface area contributed by atoms with E-state index in [-0.39, 0.29) is 24.5 Å². The zero-order chi connectivity index (χ0) is 21.6. The molecule has 0 radical (unpaired) electrons. The lowest BCUT2D eigenvalue weighted by molar-refractivity contribution is 0.0536. The number of rotatable bonds is 10. The summed E-state index contributed by atoms with van der Waals surface area (Å²) in [7, 11) is 0. The van der Waals surface area contributed by atoms with Crippen LogP contribution in [0.1, 0.15) is 31.9 Å². The molecule has 160 valence electrons. The van der Waals surface area contributed by atoms with Gasteiger partial charge < -0.3 is 19.7 Å². The average Bonchev–Trinajstić information content (AvgIpc) is 2.71. The normalized spacial score (nSPS) is 13.8. The lowest BCUT2D eigenvalue weighted by Gasteiger charge is -2.27. The minimum atomic E-state index is -0.899. The molecule has 0 amide bonds. The zero-order valence-corrected chi connectivity index (χ0v) is 19.1. The molecule has 0 aliphatic rings. The van der Waals surface area contributed by atoms with Gasteiger partial charge in [-0.1, -0.05) is 56.1 Å². The van der Waals surface area contributed by atoms with Crippen LogP contribution in [0, 0.1) is 5.92 Å². The Morgan fingerprint density at radius 2 is 1.55 bits per heavy atom. The first-order valence-corrected chi connectivity index (χ1v) is 10.7. The minimum absolute atomic E-state index is 0.0360. The van der Waals surface area contributed by atoms with E-state index >= 15 is 0 Å². The summed E-state index contributed by atoms with van der Waals surface area (Å²) in [6.07, 6.45) is -0.899. The summed E-state index contributed by atoms with van der Waals surface area (Å²) in [6.45, 7) is 6.29. The summed E-state index contributed by atoms with van der Waals surface area (Å²) in [5.74, 6) is 1.78. The maximum atomic E-state index is 9.39. The fourth-order valence-corrected chi connectivity index (χ4v) is 3.39. The van der Waals surface area contributed by atoms with Crippen LogP contribution in [0.3, 0.4) is 0 Å². The van der Waals surface area contributed by atoms with E-state index in [2.05, 4.69) is 13.8 Å². The molecule has 0 heterocycles. The van der Waals surface area contributed by atoms with Gasteiger partial charge in [0, 0.05) is 17.2 Å². The van der Waals surface area contributed by atoms with Crippen LogP contribution in [0.5, 0.6) is 11.5 Å². The van der Waals surface area contributed by atoms with Crippen molar-refractivity contribution in [2.75, 3.05) is 25.7 Å². The number of aliphatic hydroxyl groups is 2. The average molecular weight is 462 g/mol. The second-order valence-electron chi connectivity index (χ2n) is 7.64. The van der Waals surface area contributed by atoms with Crippen molar-refractivity contribution in [3.05, 3.63) is 57.6 Å². The number of alkyl halides is 1. The highest BCUT2D eigenvalue weighted by Gasteiger charge is 2.26. The number of ether oxygens (including phenoxy) is 2. The Bertz CT molecular complexity index is 770. The predicted octanol–water partition coefficient (Wildman–Crippen LogP) is 5.31. The van der Waals surface area contributed by atoms with Gasteiger partial charge in [0.05, 0.1) is 23.3 Å². The van der Waals surface area contributed by atoms with Gasteiger partial charge in [0.2, 0.25) is 0 Å². The van der Waals surface area contributed by atoms with Crippen LogP contribution in [-0.2, 0) is 5.41 Å². The van der Waals surface area contributed by atoms with Crippen LogP contribution in [0.4, 0.5) is 0 Å². The molecule has 7 heteroatoms. The van der Waals surface area contributed by atoms with Crippen LogP contribution in [0.2, 0.25) is 10.0 Å². The number of aliphatic hydroxyl groups excluding tert-OH is 2. The minimum Gasteiger partial charge on any atom is -0.491 e. The van der Waals surface area contributed by atoms with Gasteiger partial charge in [0.25, 0.3) is 0 Å². The third-order valence-electron chi connectivity index (χ3n) is 4.72. The first-order chi connectivity index (χ1) is 13.7. The fourth-order valence-electron chi connectivity index (χ4n) is 2.71. The summed E-state index contributed by atoms with van der Waals surface area (Å²) in [5, 5.41) is 19.2. The van der Waals surface area contributed by atoms with E-state index in [4.69, 9.17) is 49.4 Å². The van der Waals surface area contributed by atoms with Gasteiger partial charge in [0.1, 0.15) is 18.5 Å². The molecule has 0 saturated carbocycles. The van der Waals surface area contributed by atoms with Gasteiger partial charge in [-0.3, -0.25) is 0 Å². The summed E-state index contributed by atoms with van der Waals surface area (Å²) in [6, 6.07) is 11.3. The third kappa shape index (κ3) is 6.40. The molecule has 4 nitrogen and oxygen atoms in total. The monoisotopic (exact) mass is 460 g/mol. The van der Waals surface area contributed by atoms with Crippen LogP contribution in [0.15, 0.2) is 36.4 Å². The molecule has 0 aliphatic heterocycles. The maximum Gasteiger partial charge on any atom is 0.156 e. The molecule has 0 aliphatic carbocycles. The number of hydrogen-bond donors (Lipinski definition) is 2. The molecule has 2 aromatic rings. The fraction of sp³-hybridized carbons (Fsp3) is 0.455. The van der Waals surface area contributed by atoms with Gasteiger partial charge >= 0.3 is 0 Å². The van der Waals surface area contributed by atoms with Crippen molar-refractivity contribution in [1.82, 2.24) is 0 Å². The third-order valence-corrected chi connectivity index (χ3v) is 5.81. The second-order valence-corrected chi connectivity index (χ2v) is 8.76. The highest BCUT2D eigenvalue weighted by molar-refractivity contribution is 6.37. The molecule has 29 heavy (non-hydrogen) atoms. The van der Waals surface area contributed by atoms with Crippen molar-refractivity contribution in [1.29, 1.82) is 0 Å². The first kappa shape index (κ1) is 24.1. The Morgan fingerprint density at radius 3 is 2.07 bits per heavy atom. The van der Waals surface area contributed by atoms with Gasteiger partial charge in [0.15, 0.2) is 5.75 Å². The Labute approximate surface area is 187 Å². The Kier molecular flexibility index (Phi) is 8.92. The molecule has 0 aromatic heterocycles. The van der Waals surface area contributed by atoms with E-state index < -0.39 is 6.10 Å². The van der Waals surface area contributed by atoms with Gasteiger partial charge in [-0.25, -0.2) is 0 Å². The molecular weight excluding hydrogens is 435 g/mol. The maximum absolute atomic E-state index is 9.39. The molecule has 2 N–H and O–H groups in total. The molecule has 2 aromatic carbocycles. The smallest absolute Gasteiger partial charge is 0.156 e. The van der Waals surface area contributed by atoms with E-state index in [0.29, 0.717) is 34.0 Å². The van der Waals surface area contributed by atoms with Crippen LogP contribution in [-0.4, -0.2) is 42.0 Å². The summed E-state index contributed by atoms with van der Waals surface area (Å²) < 4.78 is 11.2. The molecule has 0 spiro atoms. The summed E-state index contributed by atoms with van der Waals surface area (Å²) >= 11 is 18.7.